The summed E-state index contributed by atoms with van der Waals surface area (Å²) in [5.74, 6) is -0.332. The Morgan fingerprint density at radius 2 is 2.12 bits per heavy atom. The van der Waals surface area contributed by atoms with Gasteiger partial charge < -0.3 is 4.74 Å². The summed E-state index contributed by atoms with van der Waals surface area (Å²) < 4.78 is 32.4. The molecule has 0 aliphatic carbocycles. The number of hydrogen-bond acceptors (Lipinski definition) is 6. The largest absolute Gasteiger partial charge is 0.377 e. The first-order valence-corrected chi connectivity index (χ1v) is 9.83. The summed E-state index contributed by atoms with van der Waals surface area (Å²) >= 11 is 1.31. The van der Waals surface area contributed by atoms with E-state index in [0.29, 0.717) is 17.3 Å². The molecule has 1 aliphatic rings. The number of nitrogens with zero attached hydrogens (tertiary/aromatic N) is 1. The second kappa shape index (κ2) is 7.39. The minimum absolute atomic E-state index is 0.0666. The maximum atomic E-state index is 12.3. The summed E-state index contributed by atoms with van der Waals surface area (Å²) in [6, 6.07) is 5.77. The molecule has 1 aromatic carbocycles. The lowest BCUT2D eigenvalue weighted by molar-refractivity contribution is 0.102. The third-order valence-electron chi connectivity index (χ3n) is 3.60. The zero-order chi connectivity index (χ0) is 17.0. The zero-order valence-corrected chi connectivity index (χ0v) is 14.4. The SMILES string of the molecule is O=C(Nc1nccs1)c1ccc(S(=O)(=O)NCC2CCCO2)cc1. The number of rotatable bonds is 6. The highest BCUT2D eigenvalue weighted by Crippen LogP contribution is 2.16. The van der Waals surface area contributed by atoms with E-state index in [1.807, 2.05) is 0 Å². The van der Waals surface area contributed by atoms with Gasteiger partial charge in [-0.25, -0.2) is 18.1 Å². The lowest BCUT2D eigenvalue weighted by Gasteiger charge is -2.11. The van der Waals surface area contributed by atoms with Gasteiger partial charge in [0, 0.05) is 30.3 Å². The van der Waals surface area contributed by atoms with Gasteiger partial charge in [0.05, 0.1) is 11.0 Å². The highest BCUT2D eigenvalue weighted by atomic mass is 32.2. The number of amides is 1. The lowest BCUT2D eigenvalue weighted by Crippen LogP contribution is -2.31. The first-order valence-electron chi connectivity index (χ1n) is 7.47. The Morgan fingerprint density at radius 3 is 2.75 bits per heavy atom. The molecule has 1 aliphatic heterocycles. The summed E-state index contributed by atoms with van der Waals surface area (Å²) in [4.78, 5) is 16.1. The van der Waals surface area contributed by atoms with Crippen molar-refractivity contribution in [2.24, 2.45) is 0 Å². The molecule has 1 saturated heterocycles. The summed E-state index contributed by atoms with van der Waals surface area (Å²) in [5.41, 5.74) is 0.364. The van der Waals surface area contributed by atoms with Gasteiger partial charge in [-0.1, -0.05) is 0 Å². The molecule has 0 radical (unpaired) electrons. The van der Waals surface area contributed by atoms with E-state index in [0.717, 1.165) is 12.8 Å². The molecular formula is C15H17N3O4S2. The zero-order valence-electron chi connectivity index (χ0n) is 12.8. The molecule has 1 amide bonds. The van der Waals surface area contributed by atoms with E-state index in [1.54, 1.807) is 11.6 Å². The van der Waals surface area contributed by atoms with Gasteiger partial charge in [-0.3, -0.25) is 10.1 Å². The molecular weight excluding hydrogens is 350 g/mol. The number of anilines is 1. The van der Waals surface area contributed by atoms with E-state index in [4.69, 9.17) is 4.74 Å². The molecule has 0 spiro atoms. The molecule has 2 heterocycles. The van der Waals surface area contributed by atoms with Crippen molar-refractivity contribution in [3.63, 3.8) is 0 Å². The predicted octanol–water partition coefficient (Wildman–Crippen LogP) is 1.85. The molecule has 7 nitrogen and oxygen atoms in total. The minimum atomic E-state index is -3.61. The molecule has 2 N–H and O–H groups in total. The number of aromatic nitrogens is 1. The van der Waals surface area contributed by atoms with Gasteiger partial charge in [-0.15, -0.1) is 11.3 Å². The Bertz CT molecular complexity index is 783. The fraction of sp³-hybridized carbons (Fsp3) is 0.333. The van der Waals surface area contributed by atoms with Crippen molar-refractivity contribution in [3.05, 3.63) is 41.4 Å². The first-order chi connectivity index (χ1) is 11.5. The van der Waals surface area contributed by atoms with Crippen LogP contribution < -0.4 is 10.0 Å². The van der Waals surface area contributed by atoms with Crippen LogP contribution in [0.4, 0.5) is 5.13 Å². The molecule has 0 saturated carbocycles. The smallest absolute Gasteiger partial charge is 0.257 e. The van der Waals surface area contributed by atoms with Gasteiger partial charge in [0.2, 0.25) is 10.0 Å². The van der Waals surface area contributed by atoms with Crippen LogP contribution in [-0.4, -0.2) is 38.6 Å². The number of hydrogen-bond donors (Lipinski definition) is 2. The Kier molecular flexibility index (Phi) is 5.24. The topological polar surface area (TPSA) is 97.4 Å². The first kappa shape index (κ1) is 17.0. The number of ether oxygens (including phenoxy) is 1. The lowest BCUT2D eigenvalue weighted by atomic mass is 10.2. The molecule has 1 atom stereocenters. The third-order valence-corrected chi connectivity index (χ3v) is 5.73. The normalized spacial score (nSPS) is 17.8. The third kappa shape index (κ3) is 4.18. The number of nitrogens with one attached hydrogen (secondary N) is 2. The van der Waals surface area contributed by atoms with Crippen LogP contribution in [0.3, 0.4) is 0 Å². The average Bonchev–Trinajstić information content (AvgIpc) is 3.27. The Balaban J connectivity index is 1.63. The fourth-order valence-corrected chi connectivity index (χ4v) is 3.92. The minimum Gasteiger partial charge on any atom is -0.377 e. The molecule has 0 bridgehead atoms. The van der Waals surface area contributed by atoms with Crippen LogP contribution in [0.15, 0.2) is 40.7 Å². The Morgan fingerprint density at radius 1 is 1.33 bits per heavy atom. The van der Waals surface area contributed by atoms with Gasteiger partial charge >= 0.3 is 0 Å². The number of sulfonamides is 1. The van der Waals surface area contributed by atoms with E-state index in [9.17, 15) is 13.2 Å². The molecule has 24 heavy (non-hydrogen) atoms. The summed E-state index contributed by atoms with van der Waals surface area (Å²) in [5, 5.41) is 4.90. The second-order valence-electron chi connectivity index (χ2n) is 5.30. The molecule has 1 unspecified atom stereocenters. The standard InChI is InChI=1S/C15H17N3O4S2/c19-14(18-15-16-7-9-23-15)11-3-5-13(6-4-11)24(20,21)17-10-12-2-1-8-22-12/h3-7,9,12,17H,1-2,8,10H2,(H,16,18,19). The van der Waals surface area contributed by atoms with E-state index in [1.165, 1.54) is 35.6 Å². The van der Waals surface area contributed by atoms with Crippen LogP contribution in [0.2, 0.25) is 0 Å². The molecule has 1 aromatic heterocycles. The van der Waals surface area contributed by atoms with Gasteiger partial charge in [-0.05, 0) is 37.1 Å². The van der Waals surface area contributed by atoms with Crippen LogP contribution in [0.25, 0.3) is 0 Å². The maximum Gasteiger partial charge on any atom is 0.257 e. The van der Waals surface area contributed by atoms with Gasteiger partial charge in [-0.2, -0.15) is 0 Å². The Labute approximate surface area is 144 Å². The number of benzene rings is 1. The second-order valence-corrected chi connectivity index (χ2v) is 7.96. The van der Waals surface area contributed by atoms with Crippen molar-refractivity contribution in [2.75, 3.05) is 18.5 Å². The van der Waals surface area contributed by atoms with Crippen LogP contribution in [0.1, 0.15) is 23.2 Å². The highest BCUT2D eigenvalue weighted by Gasteiger charge is 2.20. The van der Waals surface area contributed by atoms with E-state index < -0.39 is 10.0 Å². The van der Waals surface area contributed by atoms with Crippen LogP contribution in [-0.2, 0) is 14.8 Å². The van der Waals surface area contributed by atoms with Crippen molar-refractivity contribution in [1.82, 2.24) is 9.71 Å². The predicted molar refractivity (Wildman–Crippen MR) is 90.7 cm³/mol. The number of carbonyl (C=O) groups excluding carboxylic acids is 1. The van der Waals surface area contributed by atoms with Crippen molar-refractivity contribution < 1.29 is 17.9 Å². The highest BCUT2D eigenvalue weighted by molar-refractivity contribution is 7.89. The molecule has 9 heteroatoms. The molecule has 128 valence electrons. The summed E-state index contributed by atoms with van der Waals surface area (Å²) in [6.45, 7) is 0.934. The summed E-state index contributed by atoms with van der Waals surface area (Å²) in [6.07, 6.45) is 3.34. The van der Waals surface area contributed by atoms with E-state index in [2.05, 4.69) is 15.0 Å². The van der Waals surface area contributed by atoms with E-state index >= 15 is 0 Å². The number of thiazole rings is 1. The summed E-state index contributed by atoms with van der Waals surface area (Å²) in [7, 11) is -3.61. The molecule has 3 rings (SSSR count). The van der Waals surface area contributed by atoms with Crippen molar-refractivity contribution >= 4 is 32.4 Å². The quantitative estimate of drug-likeness (QED) is 0.812. The van der Waals surface area contributed by atoms with Crippen molar-refractivity contribution in [1.29, 1.82) is 0 Å². The van der Waals surface area contributed by atoms with Crippen molar-refractivity contribution in [2.45, 2.75) is 23.8 Å². The molecule has 1 fully saturated rings. The van der Waals surface area contributed by atoms with E-state index in [-0.39, 0.29) is 23.5 Å². The van der Waals surface area contributed by atoms with Crippen molar-refractivity contribution in [3.8, 4) is 0 Å². The monoisotopic (exact) mass is 367 g/mol. The number of carbonyl (C=O) groups is 1. The van der Waals surface area contributed by atoms with Crippen LogP contribution in [0, 0.1) is 0 Å². The van der Waals surface area contributed by atoms with Crippen LogP contribution >= 0.6 is 11.3 Å². The van der Waals surface area contributed by atoms with Gasteiger partial charge in [0.25, 0.3) is 5.91 Å². The average molecular weight is 367 g/mol. The van der Waals surface area contributed by atoms with Gasteiger partial charge in [0.1, 0.15) is 0 Å². The maximum absolute atomic E-state index is 12.3. The molecule has 2 aromatic rings. The van der Waals surface area contributed by atoms with Gasteiger partial charge in [0.15, 0.2) is 5.13 Å². The fourth-order valence-electron chi connectivity index (χ4n) is 2.33. The Hall–Kier alpha value is -1.81. The van der Waals surface area contributed by atoms with Crippen LogP contribution in [0.5, 0.6) is 0 Å².